The molecular weight excluding hydrogens is 302 g/mol. The summed E-state index contributed by atoms with van der Waals surface area (Å²) in [5, 5.41) is 3.36. The number of hydrogen-bond donors (Lipinski definition) is 1. The highest BCUT2D eigenvalue weighted by atomic mass is 16.5. The molecule has 130 valence electrons. The van der Waals surface area contributed by atoms with E-state index in [-0.39, 0.29) is 0 Å². The standard InChI is InChI=1S/C20H27NO3/c1-2-15-23-19-11-6-7-12-20(19)24-17-14-21-13-8-16-22-18-9-4-3-5-10-18/h3-7,9-12,21H,2,8,13-17H2,1H3. The largest absolute Gasteiger partial charge is 0.494 e. The van der Waals surface area contributed by atoms with Gasteiger partial charge in [0.1, 0.15) is 12.4 Å². The Kier molecular flexibility index (Phi) is 8.58. The van der Waals surface area contributed by atoms with Gasteiger partial charge in [-0.2, -0.15) is 0 Å². The van der Waals surface area contributed by atoms with Crippen molar-refractivity contribution in [2.24, 2.45) is 0 Å². The summed E-state index contributed by atoms with van der Waals surface area (Å²) in [5.74, 6) is 2.54. The Labute approximate surface area is 144 Å². The first-order chi connectivity index (χ1) is 11.9. The number of benzene rings is 2. The molecule has 0 atom stereocenters. The van der Waals surface area contributed by atoms with Crippen molar-refractivity contribution >= 4 is 0 Å². The average Bonchev–Trinajstić information content (AvgIpc) is 2.64. The van der Waals surface area contributed by atoms with E-state index in [9.17, 15) is 0 Å². The second-order valence-electron chi connectivity index (χ2n) is 5.41. The number of para-hydroxylation sites is 3. The number of ether oxygens (including phenoxy) is 3. The zero-order chi connectivity index (χ0) is 16.9. The van der Waals surface area contributed by atoms with Gasteiger partial charge in [0.2, 0.25) is 0 Å². The summed E-state index contributed by atoms with van der Waals surface area (Å²) in [6.07, 6.45) is 1.95. The molecule has 0 aliphatic carbocycles. The van der Waals surface area contributed by atoms with E-state index in [1.54, 1.807) is 0 Å². The minimum Gasteiger partial charge on any atom is -0.494 e. The van der Waals surface area contributed by atoms with E-state index in [0.29, 0.717) is 19.8 Å². The topological polar surface area (TPSA) is 39.7 Å². The van der Waals surface area contributed by atoms with E-state index >= 15 is 0 Å². The fraction of sp³-hybridized carbons (Fsp3) is 0.400. The molecule has 4 heteroatoms. The predicted molar refractivity (Wildman–Crippen MR) is 97.1 cm³/mol. The molecule has 24 heavy (non-hydrogen) atoms. The van der Waals surface area contributed by atoms with Crippen molar-refractivity contribution in [1.82, 2.24) is 5.32 Å². The molecule has 2 aromatic rings. The maximum absolute atomic E-state index is 5.79. The highest BCUT2D eigenvalue weighted by Crippen LogP contribution is 2.26. The number of rotatable bonds is 12. The van der Waals surface area contributed by atoms with E-state index in [4.69, 9.17) is 14.2 Å². The lowest BCUT2D eigenvalue weighted by atomic mass is 10.3. The monoisotopic (exact) mass is 329 g/mol. The maximum Gasteiger partial charge on any atom is 0.161 e. The smallest absolute Gasteiger partial charge is 0.161 e. The Balaban J connectivity index is 1.54. The van der Waals surface area contributed by atoms with E-state index in [2.05, 4.69) is 12.2 Å². The van der Waals surface area contributed by atoms with Crippen LogP contribution in [0.25, 0.3) is 0 Å². The van der Waals surface area contributed by atoms with Gasteiger partial charge in [-0.05, 0) is 43.7 Å². The van der Waals surface area contributed by atoms with Crippen molar-refractivity contribution < 1.29 is 14.2 Å². The second-order valence-corrected chi connectivity index (χ2v) is 5.41. The lowest BCUT2D eigenvalue weighted by Gasteiger charge is -2.12. The van der Waals surface area contributed by atoms with Crippen LogP contribution in [-0.4, -0.2) is 32.9 Å². The van der Waals surface area contributed by atoms with E-state index < -0.39 is 0 Å². The van der Waals surface area contributed by atoms with Gasteiger partial charge < -0.3 is 19.5 Å². The molecule has 0 bridgehead atoms. The highest BCUT2D eigenvalue weighted by Gasteiger charge is 2.03. The van der Waals surface area contributed by atoms with Crippen molar-refractivity contribution in [2.75, 3.05) is 32.9 Å². The van der Waals surface area contributed by atoms with E-state index in [1.807, 2.05) is 54.6 Å². The minimum atomic E-state index is 0.617. The Morgan fingerprint density at radius 3 is 2.08 bits per heavy atom. The van der Waals surface area contributed by atoms with Crippen molar-refractivity contribution in [1.29, 1.82) is 0 Å². The SMILES string of the molecule is CCCOc1ccccc1OCCNCCCOc1ccccc1. The molecule has 0 aromatic heterocycles. The second kappa shape index (κ2) is 11.4. The minimum absolute atomic E-state index is 0.617. The molecule has 2 aromatic carbocycles. The van der Waals surface area contributed by atoms with Crippen LogP contribution in [0.1, 0.15) is 19.8 Å². The summed E-state index contributed by atoms with van der Waals surface area (Å²) in [4.78, 5) is 0. The molecule has 0 spiro atoms. The van der Waals surface area contributed by atoms with Gasteiger partial charge in [0, 0.05) is 6.54 Å². The van der Waals surface area contributed by atoms with Crippen LogP contribution in [0, 0.1) is 0 Å². The number of nitrogens with one attached hydrogen (secondary N) is 1. The van der Waals surface area contributed by atoms with Crippen LogP contribution in [-0.2, 0) is 0 Å². The first kappa shape index (κ1) is 18.1. The van der Waals surface area contributed by atoms with Crippen molar-refractivity contribution in [3.8, 4) is 17.2 Å². The third-order valence-corrected chi connectivity index (χ3v) is 3.36. The van der Waals surface area contributed by atoms with Crippen LogP contribution < -0.4 is 19.5 Å². The summed E-state index contributed by atoms with van der Waals surface area (Å²) in [5.41, 5.74) is 0. The fourth-order valence-corrected chi connectivity index (χ4v) is 2.16. The summed E-state index contributed by atoms with van der Waals surface area (Å²) >= 11 is 0. The molecule has 0 aliphatic heterocycles. The van der Waals surface area contributed by atoms with Gasteiger partial charge in [-0.3, -0.25) is 0 Å². The lowest BCUT2D eigenvalue weighted by Crippen LogP contribution is -2.23. The quantitative estimate of drug-likeness (QED) is 0.599. The van der Waals surface area contributed by atoms with Gasteiger partial charge in [0.15, 0.2) is 11.5 Å². The lowest BCUT2D eigenvalue weighted by molar-refractivity contribution is 0.265. The molecule has 0 unspecified atom stereocenters. The predicted octanol–water partition coefficient (Wildman–Crippen LogP) is 3.91. The Hall–Kier alpha value is -2.20. The Morgan fingerprint density at radius 2 is 1.38 bits per heavy atom. The highest BCUT2D eigenvalue weighted by molar-refractivity contribution is 5.39. The van der Waals surface area contributed by atoms with Crippen LogP contribution in [0.3, 0.4) is 0 Å². The Bertz CT molecular complexity index is 560. The Morgan fingerprint density at radius 1 is 0.708 bits per heavy atom. The molecule has 2 rings (SSSR count). The summed E-state index contributed by atoms with van der Waals surface area (Å²) in [7, 11) is 0. The van der Waals surface area contributed by atoms with Gasteiger partial charge in [-0.15, -0.1) is 0 Å². The van der Waals surface area contributed by atoms with Gasteiger partial charge >= 0.3 is 0 Å². The molecule has 0 saturated heterocycles. The van der Waals surface area contributed by atoms with Crippen LogP contribution in [0.15, 0.2) is 54.6 Å². The summed E-state index contributed by atoms with van der Waals surface area (Å²) in [6.45, 7) is 5.84. The zero-order valence-corrected chi connectivity index (χ0v) is 14.4. The number of hydrogen-bond acceptors (Lipinski definition) is 4. The molecule has 0 aliphatic rings. The van der Waals surface area contributed by atoms with Gasteiger partial charge in [0.25, 0.3) is 0 Å². The third kappa shape index (κ3) is 6.92. The molecule has 0 saturated carbocycles. The van der Waals surface area contributed by atoms with Crippen molar-refractivity contribution in [3.63, 3.8) is 0 Å². The molecule has 4 nitrogen and oxygen atoms in total. The van der Waals surface area contributed by atoms with Crippen molar-refractivity contribution in [2.45, 2.75) is 19.8 Å². The van der Waals surface area contributed by atoms with E-state index in [0.717, 1.165) is 43.2 Å². The normalized spacial score (nSPS) is 10.4. The molecular formula is C20H27NO3. The zero-order valence-electron chi connectivity index (χ0n) is 14.4. The molecule has 1 N–H and O–H groups in total. The molecule has 0 amide bonds. The van der Waals surface area contributed by atoms with Crippen LogP contribution in [0.2, 0.25) is 0 Å². The summed E-state index contributed by atoms with van der Waals surface area (Å²) in [6, 6.07) is 17.7. The fourth-order valence-electron chi connectivity index (χ4n) is 2.16. The molecule has 0 heterocycles. The van der Waals surface area contributed by atoms with Crippen LogP contribution >= 0.6 is 0 Å². The van der Waals surface area contributed by atoms with Crippen LogP contribution in [0.4, 0.5) is 0 Å². The first-order valence-corrected chi connectivity index (χ1v) is 8.63. The van der Waals surface area contributed by atoms with Gasteiger partial charge in [-0.25, -0.2) is 0 Å². The van der Waals surface area contributed by atoms with E-state index in [1.165, 1.54) is 0 Å². The summed E-state index contributed by atoms with van der Waals surface area (Å²) < 4.78 is 17.1. The molecule has 0 fully saturated rings. The maximum atomic E-state index is 5.79. The molecule has 0 radical (unpaired) electrons. The van der Waals surface area contributed by atoms with Crippen molar-refractivity contribution in [3.05, 3.63) is 54.6 Å². The van der Waals surface area contributed by atoms with Gasteiger partial charge in [0.05, 0.1) is 13.2 Å². The third-order valence-electron chi connectivity index (χ3n) is 3.36. The van der Waals surface area contributed by atoms with Crippen LogP contribution in [0.5, 0.6) is 17.2 Å². The first-order valence-electron chi connectivity index (χ1n) is 8.63. The average molecular weight is 329 g/mol. The van der Waals surface area contributed by atoms with Gasteiger partial charge in [-0.1, -0.05) is 37.3 Å².